The summed E-state index contributed by atoms with van der Waals surface area (Å²) in [6.07, 6.45) is 3.22. The average Bonchev–Trinajstić information content (AvgIpc) is 2.74. The smallest absolute Gasteiger partial charge is 0.0462 e. The fraction of sp³-hybridized carbons (Fsp3) is 0.391. The number of piperazine rings is 1. The topological polar surface area (TPSA) is 44.3 Å². The predicted octanol–water partition coefficient (Wildman–Crippen LogP) is 3.27. The number of rotatable bonds is 1. The summed E-state index contributed by atoms with van der Waals surface area (Å²) in [6, 6.07) is 17.6. The van der Waals surface area contributed by atoms with Crippen LogP contribution in [0, 0.1) is 5.92 Å². The lowest BCUT2D eigenvalue weighted by atomic mass is 9.81. The first-order valence-corrected chi connectivity index (χ1v) is 9.81. The third-order valence-corrected chi connectivity index (χ3v) is 5.66. The Bertz CT molecular complexity index is 874. The third kappa shape index (κ3) is 3.61. The van der Waals surface area contributed by atoms with Crippen LogP contribution in [0.25, 0.3) is 21.5 Å². The summed E-state index contributed by atoms with van der Waals surface area (Å²) in [5.41, 5.74) is 2.93. The molecule has 1 atom stereocenters. The number of benzene rings is 3. The highest BCUT2D eigenvalue weighted by Gasteiger charge is 2.19. The zero-order valence-electron chi connectivity index (χ0n) is 15.3. The molecule has 5 rings (SSSR count). The molecule has 3 nitrogen and oxygen atoms in total. The van der Waals surface area contributed by atoms with Gasteiger partial charge in [-0.25, -0.2) is 0 Å². The van der Waals surface area contributed by atoms with Crippen LogP contribution in [0.3, 0.4) is 0 Å². The molecule has 0 radical (unpaired) electrons. The van der Waals surface area contributed by atoms with Crippen molar-refractivity contribution in [3.05, 3.63) is 59.7 Å². The number of aryl methyl sites for hydroxylation is 1. The minimum absolute atomic E-state index is 0.315. The highest BCUT2D eigenvalue weighted by Crippen LogP contribution is 2.34. The molecule has 3 aromatic rings. The van der Waals surface area contributed by atoms with E-state index >= 15 is 0 Å². The number of hydrogen-bond acceptors (Lipinski definition) is 3. The number of aliphatic hydroxyl groups is 1. The summed E-state index contributed by atoms with van der Waals surface area (Å²) in [5, 5.41) is 21.2. The molecule has 26 heavy (non-hydrogen) atoms. The molecule has 3 aromatic carbocycles. The summed E-state index contributed by atoms with van der Waals surface area (Å²) in [7, 11) is 0. The summed E-state index contributed by atoms with van der Waals surface area (Å²) < 4.78 is 0. The molecular formula is C23H28N2O. The van der Waals surface area contributed by atoms with Crippen molar-refractivity contribution >= 4 is 21.5 Å². The first kappa shape index (κ1) is 17.5. The molecule has 0 bridgehead atoms. The fourth-order valence-electron chi connectivity index (χ4n) is 4.20. The van der Waals surface area contributed by atoms with E-state index in [4.69, 9.17) is 0 Å². The van der Waals surface area contributed by atoms with Crippen molar-refractivity contribution in [2.75, 3.05) is 32.8 Å². The van der Waals surface area contributed by atoms with Crippen molar-refractivity contribution in [1.82, 2.24) is 10.6 Å². The molecule has 0 amide bonds. The molecule has 0 aromatic heterocycles. The summed E-state index contributed by atoms with van der Waals surface area (Å²) in [6.45, 7) is 4.87. The summed E-state index contributed by atoms with van der Waals surface area (Å²) in [5.74, 6) is 0.445. The molecule has 1 aliphatic heterocycles. The third-order valence-electron chi connectivity index (χ3n) is 5.66. The van der Waals surface area contributed by atoms with Gasteiger partial charge in [0, 0.05) is 32.8 Å². The van der Waals surface area contributed by atoms with Gasteiger partial charge < -0.3 is 15.7 Å². The molecule has 136 valence electrons. The lowest BCUT2D eigenvalue weighted by Crippen LogP contribution is -2.39. The first-order valence-electron chi connectivity index (χ1n) is 9.81. The molecule has 3 heteroatoms. The van der Waals surface area contributed by atoms with Gasteiger partial charge in [-0.15, -0.1) is 0 Å². The molecular weight excluding hydrogens is 320 g/mol. The van der Waals surface area contributed by atoms with E-state index < -0.39 is 0 Å². The maximum atomic E-state index is 9.37. The molecule has 2 aliphatic rings. The van der Waals surface area contributed by atoms with Crippen molar-refractivity contribution in [3.63, 3.8) is 0 Å². The van der Waals surface area contributed by atoms with Crippen LogP contribution in [0.5, 0.6) is 0 Å². The van der Waals surface area contributed by atoms with Crippen molar-refractivity contribution in [2.24, 2.45) is 5.92 Å². The zero-order valence-corrected chi connectivity index (χ0v) is 15.3. The Hall–Kier alpha value is -1.94. The zero-order chi connectivity index (χ0) is 17.8. The lowest BCUT2D eigenvalue weighted by Gasteiger charge is -2.24. The van der Waals surface area contributed by atoms with E-state index in [0.29, 0.717) is 12.5 Å². The first-order chi connectivity index (χ1) is 12.9. The van der Waals surface area contributed by atoms with E-state index in [1.54, 1.807) is 0 Å². The van der Waals surface area contributed by atoms with E-state index in [9.17, 15) is 5.11 Å². The molecule has 1 heterocycles. The van der Waals surface area contributed by atoms with Crippen molar-refractivity contribution in [1.29, 1.82) is 0 Å². The predicted molar refractivity (Wildman–Crippen MR) is 110 cm³/mol. The maximum absolute atomic E-state index is 9.37. The van der Waals surface area contributed by atoms with E-state index in [-0.39, 0.29) is 0 Å². The molecule has 3 N–H and O–H groups in total. The van der Waals surface area contributed by atoms with E-state index in [1.807, 2.05) is 0 Å². The molecule has 1 aliphatic carbocycles. The molecule has 1 saturated heterocycles. The van der Waals surface area contributed by atoms with Gasteiger partial charge in [-0.2, -0.15) is 0 Å². The van der Waals surface area contributed by atoms with Gasteiger partial charge in [-0.1, -0.05) is 48.5 Å². The molecule has 1 fully saturated rings. The van der Waals surface area contributed by atoms with Gasteiger partial charge in [0.25, 0.3) is 0 Å². The largest absolute Gasteiger partial charge is 0.396 e. The second-order valence-corrected chi connectivity index (χ2v) is 7.38. The Morgan fingerprint density at radius 1 is 0.808 bits per heavy atom. The van der Waals surface area contributed by atoms with Crippen LogP contribution in [-0.4, -0.2) is 37.9 Å². The normalized spacial score (nSPS) is 19.7. The Morgan fingerprint density at radius 2 is 1.54 bits per heavy atom. The monoisotopic (exact) mass is 348 g/mol. The maximum Gasteiger partial charge on any atom is 0.0462 e. The summed E-state index contributed by atoms with van der Waals surface area (Å²) in [4.78, 5) is 0. The van der Waals surface area contributed by atoms with Crippen LogP contribution in [-0.2, 0) is 12.8 Å². The Kier molecular flexibility index (Phi) is 5.49. The molecule has 0 spiro atoms. The van der Waals surface area contributed by atoms with Crippen LogP contribution in [0.2, 0.25) is 0 Å². The quantitative estimate of drug-likeness (QED) is 0.592. The summed E-state index contributed by atoms with van der Waals surface area (Å²) >= 11 is 0. The molecule has 0 saturated carbocycles. The second-order valence-electron chi connectivity index (χ2n) is 7.38. The SMILES string of the molecule is C1CNCCN1.OCC1CCc2c(ccc3c2ccc2ccccc23)C1. The van der Waals surface area contributed by atoms with E-state index in [1.165, 1.54) is 32.7 Å². The van der Waals surface area contributed by atoms with Crippen molar-refractivity contribution in [2.45, 2.75) is 19.3 Å². The minimum atomic E-state index is 0.315. The fourth-order valence-corrected chi connectivity index (χ4v) is 4.20. The Labute approximate surface area is 155 Å². The minimum Gasteiger partial charge on any atom is -0.396 e. The Balaban J connectivity index is 0.000000240. The molecule has 1 unspecified atom stereocenters. The van der Waals surface area contributed by atoms with E-state index in [2.05, 4.69) is 59.2 Å². The van der Waals surface area contributed by atoms with Crippen LogP contribution in [0.1, 0.15) is 17.5 Å². The van der Waals surface area contributed by atoms with Crippen molar-refractivity contribution < 1.29 is 5.11 Å². The van der Waals surface area contributed by atoms with Crippen molar-refractivity contribution in [3.8, 4) is 0 Å². The van der Waals surface area contributed by atoms with Gasteiger partial charge in [0.05, 0.1) is 0 Å². The van der Waals surface area contributed by atoms with Gasteiger partial charge in [-0.05, 0) is 57.9 Å². The average molecular weight is 348 g/mol. The number of hydrogen-bond donors (Lipinski definition) is 3. The second kappa shape index (κ2) is 8.17. The number of aliphatic hydroxyl groups excluding tert-OH is 1. The number of nitrogens with one attached hydrogen (secondary N) is 2. The van der Waals surface area contributed by atoms with Gasteiger partial charge in [0.2, 0.25) is 0 Å². The van der Waals surface area contributed by atoms with Gasteiger partial charge >= 0.3 is 0 Å². The number of fused-ring (bicyclic) bond motifs is 5. The van der Waals surface area contributed by atoms with Crippen LogP contribution in [0.15, 0.2) is 48.5 Å². The highest BCUT2D eigenvalue weighted by molar-refractivity contribution is 6.08. The van der Waals surface area contributed by atoms with Crippen LogP contribution in [0.4, 0.5) is 0 Å². The van der Waals surface area contributed by atoms with Crippen LogP contribution < -0.4 is 10.6 Å². The van der Waals surface area contributed by atoms with Gasteiger partial charge in [0.15, 0.2) is 0 Å². The van der Waals surface area contributed by atoms with Crippen LogP contribution >= 0.6 is 0 Å². The standard InChI is InChI=1S/C19H18O.C4H10N2/c20-12-13-5-8-17-15(11-13)7-10-18-16-4-2-1-3-14(16)6-9-19(17)18;1-2-6-4-3-5-1/h1-4,6-7,9-10,13,20H,5,8,11-12H2;5-6H,1-4H2. The van der Waals surface area contributed by atoms with Gasteiger partial charge in [0.1, 0.15) is 0 Å². The Morgan fingerprint density at radius 3 is 2.27 bits per heavy atom. The van der Waals surface area contributed by atoms with Gasteiger partial charge in [-0.3, -0.25) is 0 Å². The van der Waals surface area contributed by atoms with E-state index in [0.717, 1.165) is 45.4 Å². The highest BCUT2D eigenvalue weighted by atomic mass is 16.3. The lowest BCUT2D eigenvalue weighted by molar-refractivity contribution is 0.213.